The second-order valence-electron chi connectivity index (χ2n) is 3.32. The zero-order valence-corrected chi connectivity index (χ0v) is 9.07. The van der Waals surface area contributed by atoms with Crippen LogP contribution in [0, 0.1) is 5.92 Å². The fraction of sp³-hybridized carbons (Fsp3) is 0.667. The van der Waals surface area contributed by atoms with Gasteiger partial charge in [0.1, 0.15) is 6.04 Å². The molecule has 0 heterocycles. The van der Waals surface area contributed by atoms with Crippen LogP contribution in [0.3, 0.4) is 0 Å². The molecular weight excluding hydrogens is 200 g/mol. The lowest BCUT2D eigenvalue weighted by Gasteiger charge is -2.17. The molecule has 0 aromatic rings. The molecule has 0 bridgehead atoms. The fourth-order valence-corrected chi connectivity index (χ4v) is 0.963. The van der Waals surface area contributed by atoms with Gasteiger partial charge in [0.25, 0.3) is 0 Å². The predicted molar refractivity (Wildman–Crippen MR) is 52.6 cm³/mol. The SMILES string of the molecule is CCOC(=O)C(=O)NC(C(N)=O)C(C)C. The van der Waals surface area contributed by atoms with Crippen LogP contribution in [0.15, 0.2) is 0 Å². The molecule has 0 aromatic heterocycles. The smallest absolute Gasteiger partial charge is 0.396 e. The van der Waals surface area contributed by atoms with Gasteiger partial charge in [0, 0.05) is 0 Å². The number of nitrogens with two attached hydrogens (primary N) is 1. The zero-order valence-electron chi connectivity index (χ0n) is 9.07. The van der Waals surface area contributed by atoms with Crippen LogP contribution in [0.1, 0.15) is 20.8 Å². The van der Waals surface area contributed by atoms with Crippen molar-refractivity contribution in [1.29, 1.82) is 0 Å². The van der Waals surface area contributed by atoms with E-state index in [1.165, 1.54) is 0 Å². The first-order valence-electron chi connectivity index (χ1n) is 4.67. The van der Waals surface area contributed by atoms with E-state index >= 15 is 0 Å². The number of amides is 2. The molecule has 6 nitrogen and oxygen atoms in total. The van der Waals surface area contributed by atoms with E-state index in [0.29, 0.717) is 0 Å². The van der Waals surface area contributed by atoms with Crippen LogP contribution in [0.5, 0.6) is 0 Å². The summed E-state index contributed by atoms with van der Waals surface area (Å²) in [5, 5.41) is 2.21. The molecule has 0 saturated heterocycles. The maximum absolute atomic E-state index is 11.2. The average molecular weight is 216 g/mol. The zero-order chi connectivity index (χ0) is 12.0. The number of hydrogen-bond acceptors (Lipinski definition) is 4. The maximum atomic E-state index is 11.2. The van der Waals surface area contributed by atoms with Gasteiger partial charge in [-0.1, -0.05) is 13.8 Å². The highest BCUT2D eigenvalue weighted by Gasteiger charge is 2.25. The van der Waals surface area contributed by atoms with Gasteiger partial charge in [-0.05, 0) is 12.8 Å². The van der Waals surface area contributed by atoms with Crippen molar-refractivity contribution in [2.45, 2.75) is 26.8 Å². The van der Waals surface area contributed by atoms with Crippen LogP contribution in [0.25, 0.3) is 0 Å². The minimum Gasteiger partial charge on any atom is -0.459 e. The molecule has 0 aromatic carbocycles. The third-order valence-corrected chi connectivity index (χ3v) is 1.72. The topological polar surface area (TPSA) is 98.5 Å². The van der Waals surface area contributed by atoms with Crippen molar-refractivity contribution in [3.8, 4) is 0 Å². The second-order valence-corrected chi connectivity index (χ2v) is 3.32. The lowest BCUT2D eigenvalue weighted by molar-refractivity contribution is -0.155. The van der Waals surface area contributed by atoms with E-state index in [2.05, 4.69) is 10.1 Å². The molecule has 0 spiro atoms. The number of hydrogen-bond donors (Lipinski definition) is 2. The number of rotatable bonds is 4. The van der Waals surface area contributed by atoms with Crippen molar-refractivity contribution in [3.05, 3.63) is 0 Å². The summed E-state index contributed by atoms with van der Waals surface area (Å²) < 4.78 is 4.46. The largest absolute Gasteiger partial charge is 0.459 e. The van der Waals surface area contributed by atoms with Gasteiger partial charge in [0.05, 0.1) is 6.61 Å². The fourth-order valence-electron chi connectivity index (χ4n) is 0.963. The first kappa shape index (κ1) is 13.4. The van der Waals surface area contributed by atoms with E-state index in [4.69, 9.17) is 5.73 Å². The normalized spacial score (nSPS) is 12.0. The summed E-state index contributed by atoms with van der Waals surface area (Å²) >= 11 is 0. The molecule has 0 saturated carbocycles. The first-order valence-corrected chi connectivity index (χ1v) is 4.67. The van der Waals surface area contributed by atoms with E-state index in [1.807, 2.05) is 0 Å². The van der Waals surface area contributed by atoms with Crippen molar-refractivity contribution in [1.82, 2.24) is 5.32 Å². The molecule has 6 heteroatoms. The van der Waals surface area contributed by atoms with Gasteiger partial charge in [-0.15, -0.1) is 0 Å². The number of nitrogens with one attached hydrogen (secondary N) is 1. The van der Waals surface area contributed by atoms with E-state index in [-0.39, 0.29) is 12.5 Å². The highest BCUT2D eigenvalue weighted by molar-refractivity contribution is 6.32. The van der Waals surface area contributed by atoms with Crippen molar-refractivity contribution in [2.75, 3.05) is 6.61 Å². The molecule has 1 unspecified atom stereocenters. The number of primary amides is 1. The Bertz CT molecular complexity index is 263. The summed E-state index contributed by atoms with van der Waals surface area (Å²) in [4.78, 5) is 33.0. The molecule has 0 aliphatic heterocycles. The quantitative estimate of drug-likeness (QED) is 0.473. The maximum Gasteiger partial charge on any atom is 0.396 e. The lowest BCUT2D eigenvalue weighted by Crippen LogP contribution is -2.50. The predicted octanol–water partition coefficient (Wildman–Crippen LogP) is -0.824. The molecule has 3 N–H and O–H groups in total. The van der Waals surface area contributed by atoms with Gasteiger partial charge in [-0.2, -0.15) is 0 Å². The van der Waals surface area contributed by atoms with Crippen LogP contribution in [-0.2, 0) is 19.1 Å². The summed E-state index contributed by atoms with van der Waals surface area (Å²) in [5.41, 5.74) is 5.05. The Balaban J connectivity index is 4.36. The van der Waals surface area contributed by atoms with Crippen LogP contribution >= 0.6 is 0 Å². The van der Waals surface area contributed by atoms with Crippen LogP contribution in [0.4, 0.5) is 0 Å². The number of carbonyl (C=O) groups excluding carboxylic acids is 3. The van der Waals surface area contributed by atoms with E-state index < -0.39 is 23.8 Å². The van der Waals surface area contributed by atoms with Gasteiger partial charge in [-0.3, -0.25) is 9.59 Å². The number of carbonyl (C=O) groups is 3. The summed E-state index contributed by atoms with van der Waals surface area (Å²) in [7, 11) is 0. The molecule has 15 heavy (non-hydrogen) atoms. The standard InChI is InChI=1S/C9H16N2O4/c1-4-15-9(14)8(13)11-6(5(2)3)7(10)12/h5-6H,4H2,1-3H3,(H2,10,12)(H,11,13). The Kier molecular flexibility index (Phi) is 5.36. The van der Waals surface area contributed by atoms with Crippen LogP contribution in [0.2, 0.25) is 0 Å². The van der Waals surface area contributed by atoms with Crippen molar-refractivity contribution >= 4 is 17.8 Å². The summed E-state index contributed by atoms with van der Waals surface area (Å²) in [6.45, 7) is 5.11. The van der Waals surface area contributed by atoms with E-state index in [9.17, 15) is 14.4 Å². The number of esters is 1. The Morgan fingerprint density at radius 2 is 1.87 bits per heavy atom. The molecule has 86 valence electrons. The summed E-state index contributed by atoms with van der Waals surface area (Å²) in [6, 6.07) is -0.859. The molecule has 2 amide bonds. The Morgan fingerprint density at radius 1 is 1.33 bits per heavy atom. The average Bonchev–Trinajstić information content (AvgIpc) is 2.12. The molecule has 0 radical (unpaired) electrons. The van der Waals surface area contributed by atoms with Gasteiger partial charge >= 0.3 is 11.9 Å². The second kappa shape index (κ2) is 6.00. The van der Waals surface area contributed by atoms with E-state index in [0.717, 1.165) is 0 Å². The monoisotopic (exact) mass is 216 g/mol. The van der Waals surface area contributed by atoms with Gasteiger partial charge in [-0.25, -0.2) is 4.79 Å². The minimum atomic E-state index is -1.01. The summed E-state index contributed by atoms with van der Waals surface area (Å²) in [6.07, 6.45) is 0. The van der Waals surface area contributed by atoms with Gasteiger partial charge < -0.3 is 15.8 Å². The molecule has 0 fully saturated rings. The Hall–Kier alpha value is -1.59. The molecule has 1 atom stereocenters. The highest BCUT2D eigenvalue weighted by Crippen LogP contribution is 2.00. The van der Waals surface area contributed by atoms with Crippen LogP contribution < -0.4 is 11.1 Å². The molecule has 0 aliphatic rings. The Morgan fingerprint density at radius 3 is 2.20 bits per heavy atom. The van der Waals surface area contributed by atoms with Crippen molar-refractivity contribution in [2.24, 2.45) is 11.7 Å². The van der Waals surface area contributed by atoms with E-state index in [1.54, 1.807) is 20.8 Å². The Labute approximate surface area is 88.1 Å². The molecule has 0 rings (SSSR count). The third kappa shape index (κ3) is 4.44. The number of ether oxygens (including phenoxy) is 1. The molecular formula is C9H16N2O4. The van der Waals surface area contributed by atoms with Gasteiger partial charge in [0.15, 0.2) is 0 Å². The molecule has 0 aliphatic carbocycles. The van der Waals surface area contributed by atoms with Gasteiger partial charge in [0.2, 0.25) is 5.91 Å². The lowest BCUT2D eigenvalue weighted by atomic mass is 10.0. The third-order valence-electron chi connectivity index (χ3n) is 1.72. The van der Waals surface area contributed by atoms with Crippen LogP contribution in [-0.4, -0.2) is 30.4 Å². The first-order chi connectivity index (χ1) is 6.90. The van der Waals surface area contributed by atoms with Crippen molar-refractivity contribution in [3.63, 3.8) is 0 Å². The van der Waals surface area contributed by atoms with Crippen molar-refractivity contribution < 1.29 is 19.1 Å². The highest BCUT2D eigenvalue weighted by atomic mass is 16.5. The minimum absolute atomic E-state index is 0.106. The summed E-state index contributed by atoms with van der Waals surface area (Å²) in [5.74, 6) is -2.82.